The minimum absolute atomic E-state index is 0.470. The lowest BCUT2D eigenvalue weighted by atomic mass is 9.99. The summed E-state index contributed by atoms with van der Waals surface area (Å²) >= 11 is 0. The molecule has 1 unspecified atom stereocenters. The Labute approximate surface area is 176 Å². The fourth-order valence-electron chi connectivity index (χ4n) is 4.40. The Morgan fingerprint density at radius 2 is 1.83 bits per heavy atom. The number of carbonyl (C=O) groups is 1. The zero-order chi connectivity index (χ0) is 21.5. The number of hydrogen-bond donors (Lipinski definition) is 2. The summed E-state index contributed by atoms with van der Waals surface area (Å²) in [7, 11) is -0.137. The molecule has 7 nitrogen and oxygen atoms in total. The first-order chi connectivity index (χ1) is 14.2. The lowest BCUT2D eigenvalue weighted by Gasteiger charge is -2.15. The number of hydrogen-bond acceptors (Lipinski definition) is 4. The van der Waals surface area contributed by atoms with E-state index in [0.717, 1.165) is 55.3 Å². The van der Waals surface area contributed by atoms with Crippen molar-refractivity contribution in [2.75, 3.05) is 19.4 Å². The van der Waals surface area contributed by atoms with Gasteiger partial charge in [0.15, 0.2) is 20.8 Å². The molecule has 1 atom stereocenters. The number of aryl methyl sites for hydroxylation is 2. The maximum atomic E-state index is 14.5. The van der Waals surface area contributed by atoms with Crippen molar-refractivity contribution < 1.29 is 13.4 Å². The minimum atomic E-state index is -3.82. The van der Waals surface area contributed by atoms with Crippen LogP contribution in [0.3, 0.4) is 0 Å². The molecule has 1 aromatic heterocycles. The molecule has 0 aliphatic heterocycles. The maximum Gasteiger partial charge on any atom is 0.354 e. The van der Waals surface area contributed by atoms with Gasteiger partial charge in [0.1, 0.15) is 0 Å². The Morgan fingerprint density at radius 3 is 2.40 bits per heavy atom. The molecule has 9 heteroatoms. The first-order valence-electron chi connectivity index (χ1n) is 10.1. The van der Waals surface area contributed by atoms with Crippen LogP contribution in [0, 0.1) is 5.82 Å². The molecule has 0 spiro atoms. The molecule has 1 heterocycles. The van der Waals surface area contributed by atoms with E-state index in [9.17, 15) is 13.4 Å². The van der Waals surface area contributed by atoms with Gasteiger partial charge in [-0.3, -0.25) is 0 Å². The van der Waals surface area contributed by atoms with Gasteiger partial charge in [-0.2, -0.15) is 0 Å². The predicted molar refractivity (Wildman–Crippen MR) is 114 cm³/mol. The summed E-state index contributed by atoms with van der Waals surface area (Å²) in [4.78, 5) is 18.4. The lowest BCUT2D eigenvalue weighted by molar-refractivity contribution is 0.260. The van der Waals surface area contributed by atoms with E-state index in [1.54, 1.807) is 0 Å². The Kier molecular flexibility index (Phi) is 5.61. The van der Waals surface area contributed by atoms with Crippen LogP contribution in [0.4, 0.5) is 14.9 Å². The fraction of sp³-hybridized carbons (Fsp3) is 0.429. The van der Waals surface area contributed by atoms with E-state index in [1.165, 1.54) is 23.4 Å². The Morgan fingerprint density at radius 1 is 1.20 bits per heavy atom. The van der Waals surface area contributed by atoms with Gasteiger partial charge in [-0.05, 0) is 86.5 Å². The van der Waals surface area contributed by atoms with Gasteiger partial charge in [0.2, 0.25) is 0 Å². The maximum absolute atomic E-state index is 14.5. The van der Waals surface area contributed by atoms with Crippen LogP contribution in [0.15, 0.2) is 27.7 Å². The summed E-state index contributed by atoms with van der Waals surface area (Å²) in [6.07, 6.45) is 7.24. The third kappa shape index (κ3) is 4.10. The van der Waals surface area contributed by atoms with Crippen molar-refractivity contribution in [2.45, 2.75) is 50.1 Å². The summed E-state index contributed by atoms with van der Waals surface area (Å²) in [6.45, 7) is 0.470. The van der Waals surface area contributed by atoms with Crippen molar-refractivity contribution in [3.8, 4) is 0 Å². The van der Waals surface area contributed by atoms with Crippen LogP contribution in [0.2, 0.25) is 0 Å². The zero-order valence-corrected chi connectivity index (χ0v) is 18.0. The molecule has 0 saturated heterocycles. The van der Waals surface area contributed by atoms with Crippen LogP contribution >= 0.6 is 0 Å². The number of nitrogens with zero attached hydrogens (tertiary/aromatic N) is 3. The van der Waals surface area contributed by atoms with Crippen LogP contribution in [0.25, 0.3) is 0 Å². The number of carbonyl (C=O) groups excluding carboxylic acids is 1. The molecule has 2 aromatic rings. The summed E-state index contributed by atoms with van der Waals surface area (Å²) < 4.78 is 31.0. The average Bonchev–Trinajstić information content (AvgIpc) is 3.29. The molecule has 2 aliphatic carbocycles. The molecule has 0 bridgehead atoms. The van der Waals surface area contributed by atoms with Crippen LogP contribution in [-0.4, -0.2) is 34.2 Å². The fourth-order valence-corrected chi connectivity index (χ4v) is 5.32. The Balaban J connectivity index is 1.63. The Hall–Kier alpha value is -2.36. The smallest absolute Gasteiger partial charge is 0.305 e. The van der Waals surface area contributed by atoms with E-state index < -0.39 is 26.8 Å². The Bertz CT molecular complexity index is 1110. The highest BCUT2D eigenvalue weighted by Gasteiger charge is 2.25. The highest BCUT2D eigenvalue weighted by molar-refractivity contribution is 7.91. The first kappa shape index (κ1) is 20.9. The molecule has 0 saturated carbocycles. The number of nitrogens with one attached hydrogen (secondary N) is 1. The van der Waals surface area contributed by atoms with Gasteiger partial charge in [-0.15, -0.1) is 4.36 Å². The van der Waals surface area contributed by atoms with Crippen molar-refractivity contribution >= 4 is 21.6 Å². The number of aromatic nitrogens is 1. The molecule has 1 aromatic carbocycles. The third-order valence-corrected chi connectivity index (χ3v) is 6.85. The van der Waals surface area contributed by atoms with Gasteiger partial charge in [-0.25, -0.2) is 23.5 Å². The summed E-state index contributed by atoms with van der Waals surface area (Å²) in [6, 6.07) is 2.63. The molecule has 160 valence electrons. The van der Waals surface area contributed by atoms with Crippen LogP contribution in [-0.2, 0) is 42.1 Å². The number of nitrogens with two attached hydrogens (primary N) is 1. The number of amides is 2. The number of urea groups is 1. The lowest BCUT2D eigenvalue weighted by Crippen LogP contribution is -2.21. The SMILES string of the molecule is CN(C)Cc1cnc(S(N)(=O)=NC(=O)Nc2c3c(cc4c2CCC4)CCC3)c(F)c1. The standard InChI is InChI=1S/C21H26FN5O2S/c1-27(2)12-13-9-18(22)20(24-11-13)30(23,29)26-21(28)25-19-16-7-3-5-14(16)10-15-6-4-8-17(15)19/h9-11H,3-8,12H2,1-2H3,(H3,23,25,26,28,29). The van der Waals surface area contributed by atoms with Crippen LogP contribution in [0.1, 0.15) is 40.7 Å². The number of fused-ring (bicyclic) bond motifs is 2. The molecule has 4 rings (SSSR count). The molecular weight excluding hydrogens is 405 g/mol. The second-order valence-corrected chi connectivity index (χ2v) is 9.90. The van der Waals surface area contributed by atoms with Crippen molar-refractivity contribution in [3.63, 3.8) is 0 Å². The van der Waals surface area contributed by atoms with Gasteiger partial charge in [0.25, 0.3) is 0 Å². The largest absolute Gasteiger partial charge is 0.354 e. The van der Waals surface area contributed by atoms with Gasteiger partial charge in [-0.1, -0.05) is 6.07 Å². The highest BCUT2D eigenvalue weighted by atomic mass is 32.2. The number of benzene rings is 1. The van der Waals surface area contributed by atoms with Crippen molar-refractivity contribution in [3.05, 3.63) is 52.0 Å². The minimum Gasteiger partial charge on any atom is -0.305 e. The van der Waals surface area contributed by atoms with E-state index in [2.05, 4.69) is 20.7 Å². The van der Waals surface area contributed by atoms with E-state index in [4.69, 9.17) is 5.14 Å². The van der Waals surface area contributed by atoms with Gasteiger partial charge >= 0.3 is 6.03 Å². The summed E-state index contributed by atoms with van der Waals surface area (Å²) in [5.41, 5.74) is 6.14. The molecule has 2 aliphatic rings. The number of rotatable bonds is 4. The van der Waals surface area contributed by atoms with E-state index in [-0.39, 0.29) is 0 Å². The quantitative estimate of drug-likeness (QED) is 0.776. The number of pyridine rings is 1. The summed E-state index contributed by atoms with van der Waals surface area (Å²) in [5.74, 6) is -0.833. The van der Waals surface area contributed by atoms with Crippen molar-refractivity contribution in [2.24, 2.45) is 9.50 Å². The molecular formula is C21H26FN5O2S. The highest BCUT2D eigenvalue weighted by Crippen LogP contribution is 2.38. The molecule has 2 amide bonds. The van der Waals surface area contributed by atoms with Gasteiger partial charge < -0.3 is 10.2 Å². The number of halogens is 1. The van der Waals surface area contributed by atoms with Crippen LogP contribution in [0.5, 0.6) is 0 Å². The molecule has 3 N–H and O–H groups in total. The van der Waals surface area contributed by atoms with E-state index >= 15 is 0 Å². The first-order valence-corrected chi connectivity index (χ1v) is 11.6. The molecule has 30 heavy (non-hydrogen) atoms. The van der Waals surface area contributed by atoms with Crippen molar-refractivity contribution in [1.82, 2.24) is 9.88 Å². The topological polar surface area (TPSA) is 101 Å². The predicted octanol–water partition coefficient (Wildman–Crippen LogP) is 3.19. The third-order valence-electron chi connectivity index (χ3n) is 5.56. The van der Waals surface area contributed by atoms with E-state index in [1.807, 2.05) is 19.0 Å². The van der Waals surface area contributed by atoms with Crippen LogP contribution < -0.4 is 10.5 Å². The van der Waals surface area contributed by atoms with Gasteiger partial charge in [0.05, 0.1) is 0 Å². The van der Waals surface area contributed by atoms with Gasteiger partial charge in [0, 0.05) is 18.4 Å². The monoisotopic (exact) mass is 431 g/mol. The summed E-state index contributed by atoms with van der Waals surface area (Å²) in [5, 5.41) is 8.05. The number of anilines is 1. The molecule has 0 radical (unpaired) electrons. The zero-order valence-electron chi connectivity index (χ0n) is 17.2. The normalized spacial score (nSPS) is 16.8. The molecule has 0 fully saturated rings. The van der Waals surface area contributed by atoms with E-state index in [0.29, 0.717) is 12.1 Å². The average molecular weight is 432 g/mol. The van der Waals surface area contributed by atoms with Crippen molar-refractivity contribution in [1.29, 1.82) is 0 Å². The second-order valence-electron chi connectivity index (χ2n) is 8.19. The second kappa shape index (κ2) is 8.05.